The van der Waals surface area contributed by atoms with Crippen molar-refractivity contribution in [1.29, 1.82) is 0 Å². The summed E-state index contributed by atoms with van der Waals surface area (Å²) in [4.78, 5) is 22.1. The fourth-order valence-electron chi connectivity index (χ4n) is 2.45. The Morgan fingerprint density at radius 3 is 1.44 bits per heavy atom. The Morgan fingerprint density at radius 2 is 1.17 bits per heavy atom. The van der Waals surface area contributed by atoms with Crippen LogP contribution in [-0.4, -0.2) is 11.9 Å². The van der Waals surface area contributed by atoms with Gasteiger partial charge >= 0.3 is 11.9 Å². The second-order valence-electron chi connectivity index (χ2n) is 4.70. The summed E-state index contributed by atoms with van der Waals surface area (Å²) in [5, 5.41) is 0. The van der Waals surface area contributed by atoms with E-state index < -0.39 is 0 Å². The fourth-order valence-corrected chi connectivity index (χ4v) is 2.45. The number of rotatable bonds is 2. The van der Waals surface area contributed by atoms with Gasteiger partial charge in [-0.05, 0) is 24.0 Å². The Labute approximate surface area is 105 Å². The van der Waals surface area contributed by atoms with Crippen molar-refractivity contribution in [2.24, 2.45) is 0 Å². The largest absolute Gasteiger partial charge is 0.457 e. The van der Waals surface area contributed by atoms with E-state index in [1.165, 1.54) is 0 Å². The molecule has 0 saturated carbocycles. The molecule has 2 aliphatic heterocycles. The third-order valence-corrected chi connectivity index (χ3v) is 3.45. The van der Waals surface area contributed by atoms with E-state index in [9.17, 15) is 9.59 Å². The maximum atomic E-state index is 11.1. The van der Waals surface area contributed by atoms with Crippen molar-refractivity contribution in [2.45, 2.75) is 37.9 Å². The third kappa shape index (κ3) is 2.10. The number of hydrogen-bond acceptors (Lipinski definition) is 4. The van der Waals surface area contributed by atoms with Crippen LogP contribution < -0.4 is 0 Å². The molecule has 0 spiro atoms. The van der Waals surface area contributed by atoms with E-state index in [4.69, 9.17) is 9.47 Å². The van der Waals surface area contributed by atoms with E-state index in [1.54, 1.807) is 0 Å². The van der Waals surface area contributed by atoms with Crippen molar-refractivity contribution in [3.63, 3.8) is 0 Å². The topological polar surface area (TPSA) is 52.6 Å². The molecule has 0 bridgehead atoms. The van der Waals surface area contributed by atoms with Crippen molar-refractivity contribution < 1.29 is 19.1 Å². The van der Waals surface area contributed by atoms with Crippen LogP contribution in [0.1, 0.15) is 49.0 Å². The lowest BCUT2D eigenvalue weighted by Gasteiger charge is -2.12. The molecule has 2 aliphatic rings. The van der Waals surface area contributed by atoms with Gasteiger partial charge in [-0.15, -0.1) is 0 Å². The van der Waals surface area contributed by atoms with E-state index in [0.717, 1.165) is 24.0 Å². The van der Waals surface area contributed by atoms with Crippen molar-refractivity contribution in [3.05, 3.63) is 35.4 Å². The van der Waals surface area contributed by atoms with Gasteiger partial charge in [0.2, 0.25) is 0 Å². The standard InChI is InChI=1S/C14H14O4/c15-13-7-5-11(17-13)9-1-2-10(4-3-9)12-6-8-14(16)18-12/h1-4,11-12H,5-8H2. The third-order valence-electron chi connectivity index (χ3n) is 3.45. The highest BCUT2D eigenvalue weighted by Gasteiger charge is 2.27. The Balaban J connectivity index is 1.73. The normalized spacial score (nSPS) is 27.1. The Bertz CT molecular complexity index is 432. The molecule has 2 unspecified atom stereocenters. The lowest BCUT2D eigenvalue weighted by Crippen LogP contribution is -2.01. The van der Waals surface area contributed by atoms with Crippen molar-refractivity contribution in [1.82, 2.24) is 0 Å². The molecule has 18 heavy (non-hydrogen) atoms. The van der Waals surface area contributed by atoms with Gasteiger partial charge in [0, 0.05) is 12.8 Å². The molecular weight excluding hydrogens is 232 g/mol. The van der Waals surface area contributed by atoms with Crippen LogP contribution in [0, 0.1) is 0 Å². The molecule has 0 aromatic heterocycles. The second-order valence-corrected chi connectivity index (χ2v) is 4.70. The zero-order chi connectivity index (χ0) is 12.5. The summed E-state index contributed by atoms with van der Waals surface area (Å²) in [6.45, 7) is 0. The van der Waals surface area contributed by atoms with E-state index in [-0.39, 0.29) is 24.1 Å². The van der Waals surface area contributed by atoms with Gasteiger partial charge in [0.25, 0.3) is 0 Å². The summed E-state index contributed by atoms with van der Waals surface area (Å²) in [6, 6.07) is 7.80. The Kier molecular flexibility index (Phi) is 2.78. The number of hydrogen-bond donors (Lipinski definition) is 0. The minimum absolute atomic E-state index is 0.113. The van der Waals surface area contributed by atoms with Gasteiger partial charge in [0.05, 0.1) is 0 Å². The zero-order valence-electron chi connectivity index (χ0n) is 9.93. The Hall–Kier alpha value is -1.84. The number of carbonyl (C=O) groups excluding carboxylic acids is 2. The summed E-state index contributed by atoms with van der Waals surface area (Å²) in [5.74, 6) is -0.261. The van der Waals surface area contributed by atoms with Crippen LogP contribution in [0.15, 0.2) is 24.3 Å². The summed E-state index contributed by atoms with van der Waals surface area (Å²) < 4.78 is 10.4. The average molecular weight is 246 g/mol. The highest BCUT2D eigenvalue weighted by molar-refractivity contribution is 5.72. The van der Waals surface area contributed by atoms with E-state index in [0.29, 0.717) is 12.8 Å². The number of cyclic esters (lactones) is 2. The SMILES string of the molecule is O=C1CCC(c2ccc(C3CCC(=O)O3)cc2)O1. The first-order valence-corrected chi connectivity index (χ1v) is 6.21. The number of esters is 2. The molecule has 3 rings (SSSR count). The molecule has 4 nitrogen and oxygen atoms in total. The molecule has 0 amide bonds. The first-order valence-electron chi connectivity index (χ1n) is 6.21. The maximum Gasteiger partial charge on any atom is 0.306 e. The van der Waals surface area contributed by atoms with Crippen LogP contribution in [-0.2, 0) is 19.1 Å². The second kappa shape index (κ2) is 4.44. The van der Waals surface area contributed by atoms with Crippen molar-refractivity contribution in [3.8, 4) is 0 Å². The lowest BCUT2D eigenvalue weighted by atomic mass is 10.0. The lowest BCUT2D eigenvalue weighted by molar-refractivity contribution is -0.142. The van der Waals surface area contributed by atoms with E-state index in [1.807, 2.05) is 24.3 Å². The average Bonchev–Trinajstić information content (AvgIpc) is 2.98. The minimum atomic E-state index is -0.131. The van der Waals surface area contributed by atoms with Gasteiger partial charge < -0.3 is 9.47 Å². The van der Waals surface area contributed by atoms with Gasteiger partial charge in [-0.25, -0.2) is 0 Å². The smallest absolute Gasteiger partial charge is 0.306 e. The number of benzene rings is 1. The van der Waals surface area contributed by atoms with E-state index >= 15 is 0 Å². The Morgan fingerprint density at radius 1 is 0.778 bits per heavy atom. The van der Waals surface area contributed by atoms with Crippen LogP contribution >= 0.6 is 0 Å². The molecule has 1 aromatic rings. The number of carbonyl (C=O) groups is 2. The molecule has 2 heterocycles. The molecule has 0 N–H and O–H groups in total. The molecule has 94 valence electrons. The predicted octanol–water partition coefficient (Wildman–Crippen LogP) is 2.44. The summed E-state index contributed by atoms with van der Waals surface area (Å²) in [5.41, 5.74) is 2.02. The molecule has 2 saturated heterocycles. The van der Waals surface area contributed by atoms with Crippen molar-refractivity contribution >= 4 is 11.9 Å². The van der Waals surface area contributed by atoms with Crippen LogP contribution in [0.2, 0.25) is 0 Å². The molecule has 1 aromatic carbocycles. The van der Waals surface area contributed by atoms with Crippen molar-refractivity contribution in [2.75, 3.05) is 0 Å². The summed E-state index contributed by atoms with van der Waals surface area (Å²) in [7, 11) is 0. The van der Waals surface area contributed by atoms with Crippen LogP contribution in [0.5, 0.6) is 0 Å². The quantitative estimate of drug-likeness (QED) is 0.752. The van der Waals surface area contributed by atoms with Crippen LogP contribution in [0.4, 0.5) is 0 Å². The maximum absolute atomic E-state index is 11.1. The molecule has 4 heteroatoms. The highest BCUT2D eigenvalue weighted by Crippen LogP contribution is 2.33. The summed E-state index contributed by atoms with van der Waals surface area (Å²) in [6.07, 6.45) is 2.25. The van der Waals surface area contributed by atoms with Crippen LogP contribution in [0.3, 0.4) is 0 Å². The first kappa shape index (κ1) is 11.3. The first-order chi connectivity index (χ1) is 8.72. The van der Waals surface area contributed by atoms with Gasteiger partial charge in [0.1, 0.15) is 12.2 Å². The minimum Gasteiger partial charge on any atom is -0.457 e. The van der Waals surface area contributed by atoms with Gasteiger partial charge in [-0.3, -0.25) is 9.59 Å². The van der Waals surface area contributed by atoms with Gasteiger partial charge in [-0.2, -0.15) is 0 Å². The zero-order valence-corrected chi connectivity index (χ0v) is 9.93. The molecule has 0 aliphatic carbocycles. The number of ether oxygens (including phenoxy) is 2. The van der Waals surface area contributed by atoms with E-state index in [2.05, 4.69) is 0 Å². The fraction of sp³-hybridized carbons (Fsp3) is 0.429. The molecule has 2 fully saturated rings. The molecule has 2 atom stereocenters. The molecule has 0 radical (unpaired) electrons. The summed E-state index contributed by atoms with van der Waals surface area (Å²) >= 11 is 0. The van der Waals surface area contributed by atoms with Crippen LogP contribution in [0.25, 0.3) is 0 Å². The molecular formula is C14H14O4. The predicted molar refractivity (Wildman–Crippen MR) is 62.6 cm³/mol. The van der Waals surface area contributed by atoms with Gasteiger partial charge in [-0.1, -0.05) is 24.3 Å². The van der Waals surface area contributed by atoms with Gasteiger partial charge in [0.15, 0.2) is 0 Å². The monoisotopic (exact) mass is 246 g/mol. The highest BCUT2D eigenvalue weighted by atomic mass is 16.6.